The number of nitrogens with zero attached hydrogens (tertiary/aromatic N) is 2. The molecule has 0 aliphatic rings. The van der Waals surface area contributed by atoms with Crippen LogP contribution in [-0.2, 0) is 13.1 Å². The molecule has 0 unspecified atom stereocenters. The van der Waals surface area contributed by atoms with Crippen molar-refractivity contribution in [3.63, 3.8) is 0 Å². The first kappa shape index (κ1) is 14.2. The lowest BCUT2D eigenvalue weighted by atomic mass is 10.4. The van der Waals surface area contributed by atoms with Gasteiger partial charge >= 0.3 is 17.1 Å². The second-order valence-corrected chi connectivity index (χ2v) is 4.37. The molecule has 1 aromatic rings. The first-order valence-electron chi connectivity index (χ1n) is 5.27. The number of H-pyrrole nitrogens is 1. The zero-order valence-corrected chi connectivity index (χ0v) is 11.0. The van der Waals surface area contributed by atoms with E-state index in [1.807, 2.05) is 0 Å². The molecule has 0 aliphatic heterocycles. The molecule has 96 valence electrons. The van der Waals surface area contributed by atoms with E-state index in [9.17, 15) is 14.4 Å². The highest BCUT2D eigenvalue weighted by atomic mass is 32.1. The van der Waals surface area contributed by atoms with Crippen LogP contribution in [0.5, 0.6) is 0 Å². The fraction of sp³-hybridized carbons (Fsp3) is 0.667. The number of rotatable bonds is 6. The maximum atomic E-state index is 11.9. The Kier molecular flexibility index (Phi) is 5.63. The van der Waals surface area contributed by atoms with Crippen molar-refractivity contribution in [3.05, 3.63) is 31.5 Å². The van der Waals surface area contributed by atoms with E-state index in [2.05, 4.69) is 30.2 Å². The molecule has 0 atom stereocenters. The minimum atomic E-state index is -0.663. The molecule has 1 heterocycles. The standard InChI is InChI=1S/C9H15N3O3S2/c13-7-10-8(14)12(4-2-6-17)9(15)11(7)3-1-5-16/h16-17H,1-6H2,(H,10,13,14). The third-order valence-electron chi connectivity index (χ3n) is 2.25. The average molecular weight is 277 g/mol. The highest BCUT2D eigenvalue weighted by Crippen LogP contribution is 1.87. The van der Waals surface area contributed by atoms with Crippen molar-refractivity contribution in [3.8, 4) is 0 Å². The van der Waals surface area contributed by atoms with Crippen LogP contribution in [0.2, 0.25) is 0 Å². The van der Waals surface area contributed by atoms with Crippen molar-refractivity contribution in [2.24, 2.45) is 0 Å². The van der Waals surface area contributed by atoms with Crippen LogP contribution in [0.3, 0.4) is 0 Å². The molecule has 8 heteroatoms. The summed E-state index contributed by atoms with van der Waals surface area (Å²) >= 11 is 8.03. The molecule has 0 bridgehead atoms. The third-order valence-corrected chi connectivity index (χ3v) is 2.88. The first-order valence-corrected chi connectivity index (χ1v) is 6.54. The molecular weight excluding hydrogens is 262 g/mol. The lowest BCUT2D eigenvalue weighted by Crippen LogP contribution is -2.49. The van der Waals surface area contributed by atoms with Crippen LogP contribution >= 0.6 is 25.3 Å². The summed E-state index contributed by atoms with van der Waals surface area (Å²) in [7, 11) is 0. The van der Waals surface area contributed by atoms with Gasteiger partial charge in [0.05, 0.1) is 0 Å². The Bertz CT molecular complexity index is 488. The van der Waals surface area contributed by atoms with Gasteiger partial charge in [-0.3, -0.25) is 4.98 Å². The normalized spacial score (nSPS) is 10.7. The summed E-state index contributed by atoms with van der Waals surface area (Å²) in [5.74, 6) is 1.14. The van der Waals surface area contributed by atoms with Crippen LogP contribution < -0.4 is 17.1 Å². The molecule has 6 nitrogen and oxygen atoms in total. The maximum absolute atomic E-state index is 11.9. The Morgan fingerprint density at radius 2 is 1.29 bits per heavy atom. The largest absolute Gasteiger partial charge is 0.336 e. The van der Waals surface area contributed by atoms with Crippen LogP contribution in [0.25, 0.3) is 0 Å². The second-order valence-electron chi connectivity index (χ2n) is 3.48. The lowest BCUT2D eigenvalue weighted by molar-refractivity contribution is 0.504. The van der Waals surface area contributed by atoms with Crippen LogP contribution in [-0.4, -0.2) is 25.6 Å². The van der Waals surface area contributed by atoms with E-state index in [0.717, 1.165) is 9.13 Å². The van der Waals surface area contributed by atoms with E-state index in [-0.39, 0.29) is 13.1 Å². The smallest absolute Gasteiger partial charge is 0.259 e. The van der Waals surface area contributed by atoms with Gasteiger partial charge in [0, 0.05) is 13.1 Å². The van der Waals surface area contributed by atoms with E-state index in [4.69, 9.17) is 0 Å². The quantitative estimate of drug-likeness (QED) is 0.604. The van der Waals surface area contributed by atoms with Crippen LogP contribution in [0.15, 0.2) is 14.4 Å². The number of aromatic nitrogens is 3. The van der Waals surface area contributed by atoms with Crippen molar-refractivity contribution < 1.29 is 0 Å². The number of aromatic amines is 1. The van der Waals surface area contributed by atoms with Crippen molar-refractivity contribution in [1.29, 1.82) is 0 Å². The van der Waals surface area contributed by atoms with Gasteiger partial charge in [0.25, 0.3) is 0 Å². The van der Waals surface area contributed by atoms with Gasteiger partial charge in [0.2, 0.25) is 0 Å². The molecule has 1 N–H and O–H groups in total. The van der Waals surface area contributed by atoms with Crippen molar-refractivity contribution in [1.82, 2.24) is 14.1 Å². The topological polar surface area (TPSA) is 76.9 Å². The zero-order valence-electron chi connectivity index (χ0n) is 9.26. The third kappa shape index (κ3) is 3.53. The van der Waals surface area contributed by atoms with Crippen molar-refractivity contribution in [2.75, 3.05) is 11.5 Å². The van der Waals surface area contributed by atoms with E-state index in [0.29, 0.717) is 24.3 Å². The molecule has 0 aromatic carbocycles. The summed E-state index contributed by atoms with van der Waals surface area (Å²) < 4.78 is 2.05. The van der Waals surface area contributed by atoms with E-state index in [1.54, 1.807) is 0 Å². The Hall–Kier alpha value is -0.890. The summed E-state index contributed by atoms with van der Waals surface area (Å²) in [5, 5.41) is 0. The fourth-order valence-electron chi connectivity index (χ4n) is 1.40. The van der Waals surface area contributed by atoms with E-state index >= 15 is 0 Å². The molecule has 1 rings (SSSR count). The molecule has 0 aliphatic carbocycles. The van der Waals surface area contributed by atoms with Gasteiger partial charge in [-0.05, 0) is 24.3 Å². The molecule has 0 radical (unpaired) electrons. The molecule has 0 saturated heterocycles. The van der Waals surface area contributed by atoms with Gasteiger partial charge in [-0.15, -0.1) is 0 Å². The van der Waals surface area contributed by atoms with Crippen LogP contribution in [0.1, 0.15) is 12.8 Å². The molecule has 17 heavy (non-hydrogen) atoms. The lowest BCUT2D eigenvalue weighted by Gasteiger charge is -2.07. The Morgan fingerprint density at radius 1 is 0.882 bits per heavy atom. The van der Waals surface area contributed by atoms with E-state index < -0.39 is 17.1 Å². The molecule has 0 saturated carbocycles. The molecule has 0 spiro atoms. The molecule has 0 amide bonds. The van der Waals surface area contributed by atoms with Crippen molar-refractivity contribution in [2.45, 2.75) is 25.9 Å². The number of hydrogen-bond acceptors (Lipinski definition) is 5. The second kappa shape index (κ2) is 6.75. The minimum absolute atomic E-state index is 0.263. The number of thiol groups is 2. The van der Waals surface area contributed by atoms with Crippen molar-refractivity contribution >= 4 is 25.3 Å². The minimum Gasteiger partial charge on any atom is -0.259 e. The van der Waals surface area contributed by atoms with Gasteiger partial charge in [0.15, 0.2) is 0 Å². The highest BCUT2D eigenvalue weighted by molar-refractivity contribution is 7.80. The number of hydrogen-bond donors (Lipinski definition) is 3. The van der Waals surface area contributed by atoms with Gasteiger partial charge in [-0.2, -0.15) is 25.3 Å². The Morgan fingerprint density at radius 3 is 1.65 bits per heavy atom. The van der Waals surface area contributed by atoms with Gasteiger partial charge in [0.1, 0.15) is 0 Å². The maximum Gasteiger partial charge on any atom is 0.336 e. The highest BCUT2D eigenvalue weighted by Gasteiger charge is 2.08. The Labute approximate surface area is 108 Å². The average Bonchev–Trinajstić information content (AvgIpc) is 2.28. The summed E-state index contributed by atoms with van der Waals surface area (Å²) in [5.41, 5.74) is -1.89. The van der Waals surface area contributed by atoms with Crippen LogP contribution in [0.4, 0.5) is 0 Å². The SMILES string of the molecule is O=c1[nH]c(=O)n(CCCS)c(=O)n1CCCS. The van der Waals surface area contributed by atoms with E-state index in [1.165, 1.54) is 0 Å². The zero-order chi connectivity index (χ0) is 12.8. The van der Waals surface area contributed by atoms with Gasteiger partial charge < -0.3 is 0 Å². The predicted octanol–water partition coefficient (Wildman–Crippen LogP) is -0.662. The van der Waals surface area contributed by atoms with Gasteiger partial charge in [-0.1, -0.05) is 0 Å². The molecule has 1 aromatic heterocycles. The fourth-order valence-corrected chi connectivity index (χ4v) is 1.68. The predicted molar refractivity (Wildman–Crippen MR) is 72.5 cm³/mol. The summed E-state index contributed by atoms with van der Waals surface area (Å²) in [6.45, 7) is 0.525. The summed E-state index contributed by atoms with van der Waals surface area (Å²) in [4.78, 5) is 36.9. The van der Waals surface area contributed by atoms with Crippen LogP contribution in [0, 0.1) is 0 Å². The monoisotopic (exact) mass is 277 g/mol. The first-order chi connectivity index (χ1) is 8.11. The summed E-state index contributed by atoms with van der Waals surface area (Å²) in [6.07, 6.45) is 1.19. The number of nitrogens with one attached hydrogen (secondary N) is 1. The molecule has 0 fully saturated rings. The Balaban J connectivity index is 3.18. The molecular formula is C9H15N3O3S2. The summed E-state index contributed by atoms with van der Waals surface area (Å²) in [6, 6.07) is 0. The van der Waals surface area contributed by atoms with Gasteiger partial charge in [-0.25, -0.2) is 23.5 Å².